The predicted molar refractivity (Wildman–Crippen MR) is 43.1 cm³/mol. The van der Waals surface area contributed by atoms with E-state index in [1.165, 1.54) is 0 Å². The first-order chi connectivity index (χ1) is 4.68. The van der Waals surface area contributed by atoms with Crippen LogP contribution in [0.25, 0.3) is 0 Å². The molecule has 0 fully saturated rings. The van der Waals surface area contributed by atoms with Crippen molar-refractivity contribution in [3.05, 3.63) is 18.2 Å². The predicted octanol–water partition coefficient (Wildman–Crippen LogP) is -0.0214. The first-order valence-corrected chi connectivity index (χ1v) is 3.16. The van der Waals surface area contributed by atoms with Crippen molar-refractivity contribution >= 4 is 17.3 Å². The highest BCUT2D eigenvalue weighted by atomic mass is 32.1. The van der Waals surface area contributed by atoms with E-state index in [0.717, 1.165) is 5.69 Å². The van der Waals surface area contributed by atoms with Crippen LogP contribution in [-0.2, 0) is 0 Å². The lowest BCUT2D eigenvalue weighted by Crippen LogP contribution is -2.26. The second-order valence-corrected chi connectivity index (χ2v) is 2.34. The lowest BCUT2D eigenvalue weighted by molar-refractivity contribution is 0.974. The van der Waals surface area contributed by atoms with Crippen LogP contribution in [0.4, 0.5) is 0 Å². The minimum atomic E-state index is 0.234. The molecule has 3 N–H and O–H groups in total. The summed E-state index contributed by atoms with van der Waals surface area (Å²) in [4.78, 5) is 3.95. The molecule has 0 saturated carbocycles. The fraction of sp³-hybridized carbons (Fsp3) is 0.200. The molecule has 0 aliphatic heterocycles. The molecule has 0 spiro atoms. The van der Waals surface area contributed by atoms with Gasteiger partial charge in [0, 0.05) is 6.20 Å². The Morgan fingerprint density at radius 1 is 1.90 bits per heavy atom. The summed E-state index contributed by atoms with van der Waals surface area (Å²) < 4.78 is 1.61. The molecule has 5 heteroatoms. The molecule has 0 aliphatic rings. The van der Waals surface area contributed by atoms with Crippen LogP contribution in [0, 0.1) is 6.92 Å². The van der Waals surface area contributed by atoms with E-state index in [4.69, 9.17) is 5.73 Å². The molecule has 0 unspecified atom stereocenters. The Morgan fingerprint density at radius 2 is 2.60 bits per heavy atom. The van der Waals surface area contributed by atoms with E-state index >= 15 is 0 Å². The second kappa shape index (κ2) is 2.66. The fourth-order valence-corrected chi connectivity index (χ4v) is 0.715. The summed E-state index contributed by atoms with van der Waals surface area (Å²) in [6.07, 6.45) is 3.40. The van der Waals surface area contributed by atoms with Crippen LogP contribution in [0.2, 0.25) is 0 Å². The Kier molecular flexibility index (Phi) is 1.86. The van der Waals surface area contributed by atoms with E-state index in [0.29, 0.717) is 0 Å². The van der Waals surface area contributed by atoms with Gasteiger partial charge in [0.25, 0.3) is 0 Å². The van der Waals surface area contributed by atoms with Crippen molar-refractivity contribution in [3.8, 4) is 0 Å². The van der Waals surface area contributed by atoms with Crippen molar-refractivity contribution in [2.45, 2.75) is 6.92 Å². The Hall–Kier alpha value is -1.10. The first kappa shape index (κ1) is 7.01. The van der Waals surface area contributed by atoms with Gasteiger partial charge in [0.1, 0.15) is 6.33 Å². The number of aryl methyl sites for hydroxylation is 1. The molecule has 0 atom stereocenters. The van der Waals surface area contributed by atoms with E-state index in [2.05, 4.69) is 22.6 Å². The van der Waals surface area contributed by atoms with Gasteiger partial charge in [-0.1, -0.05) is 0 Å². The highest BCUT2D eigenvalue weighted by Crippen LogP contribution is 1.88. The second-order valence-electron chi connectivity index (χ2n) is 1.90. The van der Waals surface area contributed by atoms with Crippen molar-refractivity contribution in [3.63, 3.8) is 0 Å². The molecule has 0 amide bonds. The highest BCUT2D eigenvalue weighted by molar-refractivity contribution is 7.80. The van der Waals surface area contributed by atoms with E-state index in [-0.39, 0.29) is 5.11 Å². The number of nitrogens with two attached hydrogens (primary N) is 1. The number of hydrogen-bond donors (Lipinski definition) is 2. The molecule has 1 aromatic heterocycles. The number of rotatable bonds is 1. The average Bonchev–Trinajstić information content (AvgIpc) is 2.13. The van der Waals surface area contributed by atoms with Gasteiger partial charge in [-0.05, 0) is 19.1 Å². The topological polar surface area (TPSA) is 55.9 Å². The van der Waals surface area contributed by atoms with Gasteiger partial charge in [-0.3, -0.25) is 5.43 Å². The molecule has 4 nitrogen and oxygen atoms in total. The molecule has 0 radical (unpaired) electrons. The van der Waals surface area contributed by atoms with Gasteiger partial charge in [0.15, 0.2) is 5.11 Å². The van der Waals surface area contributed by atoms with Crippen molar-refractivity contribution in [1.82, 2.24) is 9.66 Å². The SMILES string of the molecule is Cc1cn(NC(N)=S)cn1. The summed E-state index contributed by atoms with van der Waals surface area (Å²) in [5, 5.41) is 0.234. The minimum absolute atomic E-state index is 0.234. The van der Waals surface area contributed by atoms with Gasteiger partial charge in [0.2, 0.25) is 0 Å². The lowest BCUT2D eigenvalue weighted by Gasteiger charge is -2.00. The van der Waals surface area contributed by atoms with E-state index in [9.17, 15) is 0 Å². The lowest BCUT2D eigenvalue weighted by atomic mass is 10.6. The Balaban J connectivity index is 2.67. The number of hydrogen-bond acceptors (Lipinski definition) is 2. The Labute approximate surface area is 64.0 Å². The number of thiocarbonyl (C=S) groups is 1. The van der Waals surface area contributed by atoms with Crippen LogP contribution in [0.15, 0.2) is 12.5 Å². The van der Waals surface area contributed by atoms with Gasteiger partial charge < -0.3 is 5.73 Å². The van der Waals surface area contributed by atoms with Crippen LogP contribution < -0.4 is 11.2 Å². The largest absolute Gasteiger partial charge is 0.375 e. The molecule has 1 rings (SSSR count). The summed E-state index contributed by atoms with van der Waals surface area (Å²) in [7, 11) is 0. The Morgan fingerprint density at radius 3 is 3.00 bits per heavy atom. The van der Waals surface area contributed by atoms with Crippen molar-refractivity contribution < 1.29 is 0 Å². The number of nitrogens with zero attached hydrogens (tertiary/aromatic N) is 2. The van der Waals surface area contributed by atoms with Crippen LogP contribution >= 0.6 is 12.2 Å². The molecule has 1 aromatic rings. The van der Waals surface area contributed by atoms with Crippen LogP contribution in [0.5, 0.6) is 0 Å². The third-order valence-corrected chi connectivity index (χ3v) is 1.04. The third kappa shape index (κ3) is 1.70. The monoisotopic (exact) mass is 156 g/mol. The first-order valence-electron chi connectivity index (χ1n) is 2.75. The molecule has 0 aliphatic carbocycles. The molecular weight excluding hydrogens is 148 g/mol. The zero-order valence-electron chi connectivity index (χ0n) is 5.53. The van der Waals surface area contributed by atoms with Gasteiger partial charge in [-0.15, -0.1) is 0 Å². The van der Waals surface area contributed by atoms with Gasteiger partial charge in [-0.2, -0.15) is 0 Å². The summed E-state index contributed by atoms with van der Waals surface area (Å²) in [5.74, 6) is 0. The zero-order valence-corrected chi connectivity index (χ0v) is 6.35. The van der Waals surface area contributed by atoms with Gasteiger partial charge >= 0.3 is 0 Å². The maximum Gasteiger partial charge on any atom is 0.183 e. The quantitative estimate of drug-likeness (QED) is 0.561. The number of aromatic nitrogens is 2. The van der Waals surface area contributed by atoms with E-state index < -0.39 is 0 Å². The molecule has 10 heavy (non-hydrogen) atoms. The maximum absolute atomic E-state index is 5.21. The van der Waals surface area contributed by atoms with Crippen LogP contribution in [0.3, 0.4) is 0 Å². The summed E-state index contributed by atoms with van der Waals surface area (Å²) >= 11 is 4.60. The normalized spacial score (nSPS) is 9.30. The molecule has 1 heterocycles. The molecular formula is C5H8N4S. The number of nitrogens with one attached hydrogen (secondary N) is 1. The van der Waals surface area contributed by atoms with Gasteiger partial charge in [0.05, 0.1) is 5.69 Å². The number of imidazole rings is 1. The average molecular weight is 156 g/mol. The van der Waals surface area contributed by atoms with Crippen molar-refractivity contribution in [1.29, 1.82) is 0 Å². The maximum atomic E-state index is 5.21. The van der Waals surface area contributed by atoms with E-state index in [1.54, 1.807) is 17.2 Å². The standard InChI is InChI=1S/C5H8N4S/c1-4-2-9(3-7-4)8-5(6)10/h2-3H,1H3,(H3,6,8,10). The van der Waals surface area contributed by atoms with Gasteiger partial charge in [-0.25, -0.2) is 9.66 Å². The molecule has 0 bridgehead atoms. The third-order valence-electron chi connectivity index (χ3n) is 0.951. The minimum Gasteiger partial charge on any atom is -0.375 e. The smallest absolute Gasteiger partial charge is 0.183 e. The van der Waals surface area contributed by atoms with Crippen LogP contribution in [0.1, 0.15) is 5.69 Å². The van der Waals surface area contributed by atoms with E-state index in [1.807, 2.05) is 6.92 Å². The highest BCUT2D eigenvalue weighted by Gasteiger charge is 1.90. The summed E-state index contributed by atoms with van der Waals surface area (Å²) in [6.45, 7) is 1.89. The fourth-order valence-electron chi connectivity index (χ4n) is 0.610. The summed E-state index contributed by atoms with van der Waals surface area (Å²) in [5.41, 5.74) is 8.81. The molecule has 0 aromatic carbocycles. The zero-order chi connectivity index (χ0) is 7.56. The van der Waals surface area contributed by atoms with Crippen LogP contribution in [-0.4, -0.2) is 14.8 Å². The summed E-state index contributed by atoms with van der Waals surface area (Å²) in [6, 6.07) is 0. The Bertz CT molecular complexity index is 242. The van der Waals surface area contributed by atoms with Crippen molar-refractivity contribution in [2.24, 2.45) is 5.73 Å². The molecule has 54 valence electrons. The molecule has 0 saturated heterocycles. The van der Waals surface area contributed by atoms with Crippen molar-refractivity contribution in [2.75, 3.05) is 5.43 Å².